The monoisotopic (exact) mass is 208 g/mol. The molecule has 1 N–H and O–H groups in total. The maximum atomic E-state index is 9.78. The van der Waals surface area contributed by atoms with E-state index in [1.54, 1.807) is 6.07 Å². The van der Waals surface area contributed by atoms with Gasteiger partial charge in [0, 0.05) is 5.56 Å². The van der Waals surface area contributed by atoms with E-state index in [-0.39, 0.29) is 11.5 Å². The fourth-order valence-electron chi connectivity index (χ4n) is 1.53. The quantitative estimate of drug-likeness (QED) is 0.803. The van der Waals surface area contributed by atoms with Gasteiger partial charge in [0.15, 0.2) is 0 Å². The molecule has 0 bridgehead atoms. The fourth-order valence-corrected chi connectivity index (χ4v) is 1.53. The summed E-state index contributed by atoms with van der Waals surface area (Å²) in [5, 5.41) is 9.78. The van der Waals surface area contributed by atoms with E-state index in [1.165, 1.54) is 0 Å². The van der Waals surface area contributed by atoms with Gasteiger partial charge in [0.2, 0.25) is 0 Å². The Bertz CT molecular complexity index is 335. The van der Waals surface area contributed by atoms with Crippen LogP contribution in [0.4, 0.5) is 0 Å². The number of hydrogen-bond acceptors (Lipinski definition) is 2. The van der Waals surface area contributed by atoms with Crippen LogP contribution in [-0.4, -0.2) is 10.7 Å². The van der Waals surface area contributed by atoms with E-state index in [0.29, 0.717) is 5.75 Å². The van der Waals surface area contributed by atoms with E-state index in [1.807, 2.05) is 46.8 Å². The summed E-state index contributed by atoms with van der Waals surface area (Å²) in [5.74, 6) is 1.34. The van der Waals surface area contributed by atoms with Crippen LogP contribution < -0.4 is 4.74 Å². The Balaban J connectivity index is 3.12. The van der Waals surface area contributed by atoms with E-state index >= 15 is 0 Å². The van der Waals surface area contributed by atoms with Crippen molar-refractivity contribution in [3.8, 4) is 11.5 Å². The van der Waals surface area contributed by atoms with Crippen LogP contribution in [0.5, 0.6) is 11.5 Å². The average Bonchev–Trinajstić information content (AvgIpc) is 1.99. The van der Waals surface area contributed by atoms with E-state index in [2.05, 4.69) is 0 Å². The van der Waals surface area contributed by atoms with Crippen molar-refractivity contribution in [1.82, 2.24) is 0 Å². The smallest absolute Gasteiger partial charge is 0.127 e. The van der Waals surface area contributed by atoms with Crippen LogP contribution in [0, 0.1) is 0 Å². The largest absolute Gasteiger partial charge is 0.508 e. The first-order valence-electron chi connectivity index (χ1n) is 5.32. The second-order valence-corrected chi connectivity index (χ2v) is 5.06. The molecule has 1 aromatic carbocycles. The van der Waals surface area contributed by atoms with Crippen molar-refractivity contribution in [2.45, 2.75) is 46.1 Å². The maximum Gasteiger partial charge on any atom is 0.127 e. The van der Waals surface area contributed by atoms with Crippen molar-refractivity contribution in [1.29, 1.82) is 0 Å². The molecule has 1 aromatic rings. The van der Waals surface area contributed by atoms with Crippen molar-refractivity contribution >= 4 is 0 Å². The first kappa shape index (κ1) is 11.9. The Kier molecular flexibility index (Phi) is 3.28. The van der Waals surface area contributed by atoms with Gasteiger partial charge in [-0.2, -0.15) is 0 Å². The van der Waals surface area contributed by atoms with Gasteiger partial charge in [-0.3, -0.25) is 0 Å². The molecule has 0 spiro atoms. The third kappa shape index (κ3) is 3.15. The van der Waals surface area contributed by atoms with Crippen molar-refractivity contribution in [2.24, 2.45) is 0 Å². The van der Waals surface area contributed by atoms with Gasteiger partial charge in [-0.15, -0.1) is 0 Å². The molecule has 0 aliphatic rings. The normalized spacial score (nSPS) is 11.9. The minimum atomic E-state index is -0.239. The van der Waals surface area contributed by atoms with Crippen LogP contribution >= 0.6 is 0 Å². The fraction of sp³-hybridized carbons (Fsp3) is 0.538. The van der Waals surface area contributed by atoms with Gasteiger partial charge in [0.25, 0.3) is 0 Å². The third-order valence-electron chi connectivity index (χ3n) is 2.04. The van der Waals surface area contributed by atoms with Gasteiger partial charge >= 0.3 is 0 Å². The third-order valence-corrected chi connectivity index (χ3v) is 2.04. The number of hydrogen-bond donors (Lipinski definition) is 1. The van der Waals surface area contributed by atoms with Gasteiger partial charge in [-0.1, -0.05) is 19.9 Å². The number of aromatic hydroxyl groups is 1. The first-order valence-corrected chi connectivity index (χ1v) is 5.32. The highest BCUT2D eigenvalue weighted by Crippen LogP contribution is 2.35. The molecule has 0 radical (unpaired) electrons. The molecule has 84 valence electrons. The predicted octanol–water partition coefficient (Wildman–Crippen LogP) is 3.69. The summed E-state index contributed by atoms with van der Waals surface area (Å²) in [5.41, 5.74) is 0.643. The Hall–Kier alpha value is -1.18. The summed E-state index contributed by atoms with van der Waals surface area (Å²) >= 11 is 0. The molecule has 0 fully saturated rings. The van der Waals surface area contributed by atoms with Gasteiger partial charge in [-0.05, 0) is 38.8 Å². The summed E-state index contributed by atoms with van der Waals surface area (Å²) in [4.78, 5) is 0. The molecule has 15 heavy (non-hydrogen) atoms. The second-order valence-electron chi connectivity index (χ2n) is 5.06. The molecule has 2 heteroatoms. The van der Waals surface area contributed by atoms with E-state index in [0.717, 1.165) is 11.3 Å². The standard InChI is InChI=1S/C13H20O2/c1-9(2)12-10(14)7-6-8-11(12)15-13(3,4)5/h6-9,14H,1-5H3. The average molecular weight is 208 g/mol. The topological polar surface area (TPSA) is 29.5 Å². The Morgan fingerprint density at radius 2 is 1.80 bits per heavy atom. The summed E-state index contributed by atoms with van der Waals surface area (Å²) in [6.07, 6.45) is 0. The molecule has 1 rings (SSSR count). The number of phenolic OH excluding ortho intramolecular Hbond substituents is 1. The number of phenols is 1. The maximum absolute atomic E-state index is 9.78. The van der Waals surface area contributed by atoms with E-state index in [4.69, 9.17) is 4.74 Å². The lowest BCUT2D eigenvalue weighted by Gasteiger charge is -2.24. The van der Waals surface area contributed by atoms with Crippen molar-refractivity contribution < 1.29 is 9.84 Å². The molecule has 0 aromatic heterocycles. The molecule has 0 aliphatic carbocycles. The highest BCUT2D eigenvalue weighted by atomic mass is 16.5. The predicted molar refractivity (Wildman–Crippen MR) is 62.6 cm³/mol. The zero-order valence-corrected chi connectivity index (χ0v) is 10.2. The summed E-state index contributed by atoms with van der Waals surface area (Å²) in [6.45, 7) is 10.1. The Labute approximate surface area is 91.9 Å². The molecule has 0 unspecified atom stereocenters. The van der Waals surface area contributed by atoms with Crippen LogP contribution in [0.2, 0.25) is 0 Å². The number of ether oxygens (including phenoxy) is 1. The minimum absolute atomic E-state index is 0.239. The highest BCUT2D eigenvalue weighted by molar-refractivity contribution is 5.46. The zero-order chi connectivity index (χ0) is 11.6. The summed E-state index contributed by atoms with van der Waals surface area (Å²) in [6, 6.07) is 5.41. The summed E-state index contributed by atoms with van der Waals surface area (Å²) in [7, 11) is 0. The van der Waals surface area contributed by atoms with Crippen LogP contribution in [0.3, 0.4) is 0 Å². The van der Waals surface area contributed by atoms with Crippen LogP contribution in [0.1, 0.15) is 46.1 Å². The molecular formula is C13H20O2. The van der Waals surface area contributed by atoms with Crippen LogP contribution in [0.15, 0.2) is 18.2 Å². The number of benzene rings is 1. The van der Waals surface area contributed by atoms with E-state index < -0.39 is 0 Å². The van der Waals surface area contributed by atoms with Crippen molar-refractivity contribution in [3.05, 3.63) is 23.8 Å². The minimum Gasteiger partial charge on any atom is -0.508 e. The molecule has 0 amide bonds. The van der Waals surface area contributed by atoms with Gasteiger partial charge in [0.05, 0.1) is 0 Å². The van der Waals surface area contributed by atoms with Gasteiger partial charge < -0.3 is 9.84 Å². The summed E-state index contributed by atoms with van der Waals surface area (Å²) < 4.78 is 5.81. The second kappa shape index (κ2) is 4.13. The molecule has 0 heterocycles. The van der Waals surface area contributed by atoms with Gasteiger partial charge in [0.1, 0.15) is 17.1 Å². The van der Waals surface area contributed by atoms with Crippen molar-refractivity contribution in [2.75, 3.05) is 0 Å². The molecule has 0 saturated carbocycles. The van der Waals surface area contributed by atoms with Crippen LogP contribution in [-0.2, 0) is 0 Å². The lowest BCUT2D eigenvalue weighted by Crippen LogP contribution is -2.23. The molecular weight excluding hydrogens is 188 g/mol. The SMILES string of the molecule is CC(C)c1c(O)cccc1OC(C)(C)C. The molecule has 0 saturated heterocycles. The highest BCUT2D eigenvalue weighted by Gasteiger charge is 2.18. The number of rotatable bonds is 2. The van der Waals surface area contributed by atoms with Crippen LogP contribution in [0.25, 0.3) is 0 Å². The van der Waals surface area contributed by atoms with Crippen molar-refractivity contribution in [3.63, 3.8) is 0 Å². The van der Waals surface area contributed by atoms with Gasteiger partial charge in [-0.25, -0.2) is 0 Å². The zero-order valence-electron chi connectivity index (χ0n) is 10.2. The molecule has 0 atom stereocenters. The lowest BCUT2D eigenvalue weighted by molar-refractivity contribution is 0.128. The Morgan fingerprint density at radius 1 is 1.20 bits per heavy atom. The lowest BCUT2D eigenvalue weighted by atomic mass is 10.0. The first-order chi connectivity index (χ1) is 6.81. The molecule has 2 nitrogen and oxygen atoms in total. The van der Waals surface area contributed by atoms with E-state index in [9.17, 15) is 5.11 Å². The Morgan fingerprint density at radius 3 is 2.27 bits per heavy atom. The molecule has 0 aliphatic heterocycles.